The maximum Gasteiger partial charge on any atom is 0.0410 e. The van der Waals surface area contributed by atoms with Gasteiger partial charge in [0.25, 0.3) is 0 Å². The van der Waals surface area contributed by atoms with E-state index >= 15 is 0 Å². The number of aryl methyl sites for hydroxylation is 1. The fraction of sp³-hybridized carbons (Fsp3) is 0.250. The third kappa shape index (κ3) is 4.27. The highest BCUT2D eigenvalue weighted by molar-refractivity contribution is 7.99. The van der Waals surface area contributed by atoms with Crippen molar-refractivity contribution in [3.8, 4) is 0 Å². The molecule has 0 aromatic heterocycles. The topological polar surface area (TPSA) is 12.0 Å². The van der Waals surface area contributed by atoms with Crippen molar-refractivity contribution >= 4 is 23.4 Å². The normalized spacial score (nSPS) is 10.7. The Labute approximate surface area is 124 Å². The molecule has 0 saturated carbocycles. The van der Waals surface area contributed by atoms with Gasteiger partial charge in [-0.05, 0) is 49.4 Å². The summed E-state index contributed by atoms with van der Waals surface area (Å²) in [7, 11) is 0. The first-order valence-corrected chi connectivity index (χ1v) is 7.62. The van der Waals surface area contributed by atoms with Gasteiger partial charge < -0.3 is 5.32 Å². The van der Waals surface area contributed by atoms with Gasteiger partial charge in [0.2, 0.25) is 0 Å². The summed E-state index contributed by atoms with van der Waals surface area (Å²) in [5.74, 6) is 0. The van der Waals surface area contributed by atoms with Crippen LogP contribution in [-0.4, -0.2) is 6.54 Å². The van der Waals surface area contributed by atoms with Crippen molar-refractivity contribution in [2.75, 3.05) is 6.54 Å². The quantitative estimate of drug-likeness (QED) is 0.840. The average Bonchev–Trinajstić information content (AvgIpc) is 2.41. The molecular weight excluding hydrogens is 274 g/mol. The molecule has 0 saturated heterocycles. The van der Waals surface area contributed by atoms with Gasteiger partial charge >= 0.3 is 0 Å². The zero-order valence-corrected chi connectivity index (χ0v) is 12.8. The van der Waals surface area contributed by atoms with Gasteiger partial charge in [0.15, 0.2) is 0 Å². The fourth-order valence-electron chi connectivity index (χ4n) is 1.78. The van der Waals surface area contributed by atoms with Crippen LogP contribution in [0, 0.1) is 6.92 Å². The van der Waals surface area contributed by atoms with E-state index in [1.807, 2.05) is 12.1 Å². The molecule has 0 aliphatic rings. The Balaban J connectivity index is 2.20. The van der Waals surface area contributed by atoms with Crippen LogP contribution in [0.3, 0.4) is 0 Å². The lowest BCUT2D eigenvalue weighted by Crippen LogP contribution is -2.12. The summed E-state index contributed by atoms with van der Waals surface area (Å²) in [5.41, 5.74) is 2.54. The van der Waals surface area contributed by atoms with E-state index in [4.69, 9.17) is 11.6 Å². The number of halogens is 1. The van der Waals surface area contributed by atoms with E-state index in [0.29, 0.717) is 0 Å². The lowest BCUT2D eigenvalue weighted by atomic mass is 10.2. The molecule has 0 aliphatic heterocycles. The predicted octanol–water partition coefficient (Wildman–Crippen LogP) is 4.91. The van der Waals surface area contributed by atoms with Crippen LogP contribution in [0.15, 0.2) is 52.3 Å². The Kier molecular flexibility index (Phi) is 5.32. The molecule has 2 aromatic carbocycles. The van der Waals surface area contributed by atoms with Gasteiger partial charge in [-0.1, -0.05) is 48.0 Å². The third-order valence-corrected chi connectivity index (χ3v) is 4.20. The molecule has 1 N–H and O–H groups in total. The lowest BCUT2D eigenvalue weighted by molar-refractivity contribution is 0.718. The summed E-state index contributed by atoms with van der Waals surface area (Å²) in [6.45, 7) is 6.02. The first-order valence-electron chi connectivity index (χ1n) is 6.42. The van der Waals surface area contributed by atoms with Crippen LogP contribution in [-0.2, 0) is 6.54 Å². The standard InChI is InChI=1S/C16H18ClNS/c1-3-18-11-13-10-14(17)6-9-16(13)19-15-7-4-12(2)5-8-15/h4-10,18H,3,11H2,1-2H3. The molecule has 3 heteroatoms. The van der Waals surface area contributed by atoms with Crippen LogP contribution in [0.5, 0.6) is 0 Å². The number of rotatable bonds is 5. The molecule has 2 rings (SSSR count). The molecule has 100 valence electrons. The van der Waals surface area contributed by atoms with Crippen LogP contribution in [0.25, 0.3) is 0 Å². The summed E-state index contributed by atoms with van der Waals surface area (Å²) in [6, 6.07) is 14.7. The Morgan fingerprint density at radius 2 is 1.84 bits per heavy atom. The molecule has 2 aromatic rings. The molecule has 0 unspecified atom stereocenters. The maximum absolute atomic E-state index is 6.08. The van der Waals surface area contributed by atoms with E-state index in [1.165, 1.54) is 20.9 Å². The van der Waals surface area contributed by atoms with Crippen molar-refractivity contribution in [2.24, 2.45) is 0 Å². The van der Waals surface area contributed by atoms with Crippen molar-refractivity contribution in [3.63, 3.8) is 0 Å². The summed E-state index contributed by atoms with van der Waals surface area (Å²) < 4.78 is 0. The van der Waals surface area contributed by atoms with E-state index < -0.39 is 0 Å². The molecule has 0 spiro atoms. The van der Waals surface area contributed by atoms with Crippen molar-refractivity contribution in [2.45, 2.75) is 30.2 Å². The minimum atomic E-state index is 0.793. The van der Waals surface area contributed by atoms with E-state index in [9.17, 15) is 0 Å². The number of nitrogens with one attached hydrogen (secondary N) is 1. The van der Waals surface area contributed by atoms with Gasteiger partial charge in [-0.2, -0.15) is 0 Å². The van der Waals surface area contributed by atoms with Crippen LogP contribution in [0.1, 0.15) is 18.1 Å². The molecule has 0 bridgehead atoms. The second-order valence-electron chi connectivity index (χ2n) is 4.45. The molecule has 0 fully saturated rings. The van der Waals surface area contributed by atoms with Crippen LogP contribution in [0.4, 0.5) is 0 Å². The Morgan fingerprint density at radius 3 is 2.53 bits per heavy atom. The predicted molar refractivity (Wildman–Crippen MR) is 84.1 cm³/mol. The minimum Gasteiger partial charge on any atom is -0.313 e. The fourth-order valence-corrected chi connectivity index (χ4v) is 2.90. The molecule has 0 heterocycles. The maximum atomic E-state index is 6.08. The zero-order chi connectivity index (χ0) is 13.7. The van der Waals surface area contributed by atoms with E-state index in [2.05, 4.69) is 49.5 Å². The Hall–Kier alpha value is -0.960. The van der Waals surface area contributed by atoms with E-state index in [-0.39, 0.29) is 0 Å². The minimum absolute atomic E-state index is 0.793. The summed E-state index contributed by atoms with van der Waals surface area (Å²) in [5, 5.41) is 4.15. The van der Waals surface area contributed by atoms with Crippen molar-refractivity contribution in [3.05, 3.63) is 58.6 Å². The Bertz CT molecular complexity index is 537. The highest BCUT2D eigenvalue weighted by Gasteiger charge is 2.05. The molecular formula is C16H18ClNS. The SMILES string of the molecule is CCNCc1cc(Cl)ccc1Sc1ccc(C)cc1. The second-order valence-corrected chi connectivity index (χ2v) is 6.00. The van der Waals surface area contributed by atoms with Crippen molar-refractivity contribution < 1.29 is 0 Å². The number of benzene rings is 2. The highest BCUT2D eigenvalue weighted by Crippen LogP contribution is 2.32. The first-order chi connectivity index (χ1) is 9.19. The largest absolute Gasteiger partial charge is 0.313 e. The molecule has 1 nitrogen and oxygen atoms in total. The molecule has 0 amide bonds. The van der Waals surface area contributed by atoms with E-state index in [1.54, 1.807) is 11.8 Å². The monoisotopic (exact) mass is 291 g/mol. The van der Waals surface area contributed by atoms with Gasteiger partial charge in [0.1, 0.15) is 0 Å². The van der Waals surface area contributed by atoms with Gasteiger partial charge in [-0.15, -0.1) is 0 Å². The lowest BCUT2D eigenvalue weighted by Gasteiger charge is -2.10. The third-order valence-electron chi connectivity index (χ3n) is 2.84. The molecule has 19 heavy (non-hydrogen) atoms. The van der Waals surface area contributed by atoms with Gasteiger partial charge in [0, 0.05) is 21.4 Å². The van der Waals surface area contributed by atoms with Crippen molar-refractivity contribution in [1.29, 1.82) is 0 Å². The van der Waals surface area contributed by atoms with E-state index in [0.717, 1.165) is 18.1 Å². The number of hydrogen-bond acceptors (Lipinski definition) is 2. The van der Waals surface area contributed by atoms with Gasteiger partial charge in [-0.25, -0.2) is 0 Å². The van der Waals surface area contributed by atoms with Crippen LogP contribution < -0.4 is 5.32 Å². The smallest absolute Gasteiger partial charge is 0.0410 e. The molecule has 0 atom stereocenters. The van der Waals surface area contributed by atoms with Crippen molar-refractivity contribution in [1.82, 2.24) is 5.32 Å². The van der Waals surface area contributed by atoms with Gasteiger partial charge in [-0.3, -0.25) is 0 Å². The molecule has 0 aliphatic carbocycles. The first kappa shape index (κ1) is 14.4. The summed E-state index contributed by atoms with van der Waals surface area (Å²) in [6.07, 6.45) is 0. The molecule has 0 radical (unpaired) electrons. The average molecular weight is 292 g/mol. The number of hydrogen-bond donors (Lipinski definition) is 1. The second kappa shape index (κ2) is 6.99. The summed E-state index contributed by atoms with van der Waals surface area (Å²) in [4.78, 5) is 2.51. The Morgan fingerprint density at radius 1 is 1.11 bits per heavy atom. The zero-order valence-electron chi connectivity index (χ0n) is 11.2. The van der Waals surface area contributed by atoms with Crippen LogP contribution >= 0.6 is 23.4 Å². The van der Waals surface area contributed by atoms with Gasteiger partial charge in [0.05, 0.1) is 0 Å². The highest BCUT2D eigenvalue weighted by atomic mass is 35.5. The van der Waals surface area contributed by atoms with Crippen LogP contribution in [0.2, 0.25) is 5.02 Å². The summed E-state index contributed by atoms with van der Waals surface area (Å²) >= 11 is 7.87.